The lowest BCUT2D eigenvalue weighted by Crippen LogP contribution is -2.38. The van der Waals surface area contributed by atoms with Crippen LogP contribution in [0.2, 0.25) is 5.02 Å². The Bertz CT molecular complexity index is 506. The molecule has 0 heterocycles. The third-order valence-electron chi connectivity index (χ3n) is 2.96. The number of carbonyl (C=O) groups is 2. The van der Waals surface area contributed by atoms with E-state index in [9.17, 15) is 9.59 Å². The van der Waals surface area contributed by atoms with Crippen LogP contribution in [-0.2, 0) is 9.53 Å². The van der Waals surface area contributed by atoms with Gasteiger partial charge in [0.1, 0.15) is 11.6 Å². The number of hydrogen-bond donors (Lipinski definition) is 1. The van der Waals surface area contributed by atoms with E-state index < -0.39 is 17.7 Å². The van der Waals surface area contributed by atoms with E-state index in [0.717, 1.165) is 12.8 Å². The van der Waals surface area contributed by atoms with E-state index in [1.54, 1.807) is 45.0 Å². The number of rotatable bonds is 6. The molecule has 0 spiro atoms. The summed E-state index contributed by atoms with van der Waals surface area (Å²) in [6.07, 6.45) is 1.53. The van der Waals surface area contributed by atoms with E-state index in [1.165, 1.54) is 0 Å². The number of carbonyl (C=O) groups excluding carboxylic acids is 2. The second-order valence-corrected chi connectivity index (χ2v) is 6.64. The number of halogens is 1. The first kappa shape index (κ1) is 18.5. The standard InChI is InChI=1S/C17H24ClNO3/c1-5-6-7-14(20)15(12-8-10-13(18)11-9-12)19-16(21)22-17(2,3)4/h8-11,15H,5-7H2,1-4H3,(H,19,21)/t15-/m1/s1. The Morgan fingerprint density at radius 3 is 2.32 bits per heavy atom. The molecule has 122 valence electrons. The predicted octanol–water partition coefficient (Wildman–Crippen LogP) is 4.67. The second kappa shape index (κ2) is 8.18. The average molecular weight is 326 g/mol. The number of hydrogen-bond acceptors (Lipinski definition) is 3. The van der Waals surface area contributed by atoms with Crippen molar-refractivity contribution in [3.63, 3.8) is 0 Å². The monoisotopic (exact) mass is 325 g/mol. The molecule has 0 unspecified atom stereocenters. The summed E-state index contributed by atoms with van der Waals surface area (Å²) in [5, 5.41) is 3.25. The number of alkyl carbamates (subject to hydrolysis) is 1. The number of ether oxygens (including phenoxy) is 1. The number of benzene rings is 1. The number of Topliss-reactive ketones (excluding diaryl/α,β-unsaturated/α-hetero) is 1. The van der Waals surface area contributed by atoms with Crippen molar-refractivity contribution in [3.05, 3.63) is 34.9 Å². The first-order valence-corrected chi connectivity index (χ1v) is 7.88. The number of nitrogens with one attached hydrogen (secondary N) is 1. The van der Waals surface area contributed by atoms with E-state index in [4.69, 9.17) is 16.3 Å². The highest BCUT2D eigenvalue weighted by Gasteiger charge is 2.25. The molecule has 0 saturated carbocycles. The summed E-state index contributed by atoms with van der Waals surface area (Å²) in [5.41, 5.74) is 0.0949. The van der Waals surface area contributed by atoms with Crippen LogP contribution in [0.3, 0.4) is 0 Å². The molecule has 1 aromatic rings. The summed E-state index contributed by atoms with van der Waals surface area (Å²) >= 11 is 5.88. The van der Waals surface area contributed by atoms with Crippen molar-refractivity contribution in [2.45, 2.75) is 58.6 Å². The molecule has 0 aliphatic carbocycles. The SMILES string of the molecule is CCCCC(=O)[C@H](NC(=O)OC(C)(C)C)c1ccc(Cl)cc1. The number of amides is 1. The van der Waals surface area contributed by atoms with Gasteiger partial charge < -0.3 is 10.1 Å². The Kier molecular flexibility index (Phi) is 6.88. The molecule has 5 heteroatoms. The van der Waals surface area contributed by atoms with Crippen LogP contribution >= 0.6 is 11.6 Å². The van der Waals surface area contributed by atoms with Crippen molar-refractivity contribution in [3.8, 4) is 0 Å². The Morgan fingerprint density at radius 2 is 1.82 bits per heavy atom. The molecule has 1 aromatic carbocycles. The molecule has 1 rings (SSSR count). The third kappa shape index (κ3) is 6.48. The Labute approximate surface area is 137 Å². The molecule has 1 N–H and O–H groups in total. The van der Waals surface area contributed by atoms with E-state index in [-0.39, 0.29) is 5.78 Å². The summed E-state index contributed by atoms with van der Waals surface area (Å²) < 4.78 is 5.24. The highest BCUT2D eigenvalue weighted by Crippen LogP contribution is 2.20. The van der Waals surface area contributed by atoms with Gasteiger partial charge in [-0.1, -0.05) is 37.1 Å². The summed E-state index contributed by atoms with van der Waals surface area (Å²) in [5.74, 6) is -0.0324. The molecular formula is C17H24ClNO3. The van der Waals surface area contributed by atoms with E-state index in [1.807, 2.05) is 6.92 Å². The fourth-order valence-electron chi connectivity index (χ4n) is 1.93. The summed E-state index contributed by atoms with van der Waals surface area (Å²) in [4.78, 5) is 24.4. The van der Waals surface area contributed by atoms with Crippen molar-refractivity contribution in [1.29, 1.82) is 0 Å². The second-order valence-electron chi connectivity index (χ2n) is 6.20. The van der Waals surface area contributed by atoms with Crippen LogP contribution in [0.1, 0.15) is 58.6 Å². The van der Waals surface area contributed by atoms with Crippen LogP contribution in [-0.4, -0.2) is 17.5 Å². The molecule has 0 fully saturated rings. The van der Waals surface area contributed by atoms with Gasteiger partial charge in [0.2, 0.25) is 0 Å². The first-order chi connectivity index (χ1) is 10.2. The van der Waals surface area contributed by atoms with Gasteiger partial charge >= 0.3 is 6.09 Å². The summed E-state index contributed by atoms with van der Waals surface area (Å²) in [6.45, 7) is 7.36. The molecule has 0 aliphatic heterocycles. The molecule has 0 radical (unpaired) electrons. The Morgan fingerprint density at radius 1 is 1.23 bits per heavy atom. The maximum absolute atomic E-state index is 12.4. The van der Waals surface area contributed by atoms with Crippen LogP contribution in [0.25, 0.3) is 0 Å². The summed E-state index contributed by atoms with van der Waals surface area (Å²) in [7, 11) is 0. The quantitative estimate of drug-likeness (QED) is 0.827. The molecule has 22 heavy (non-hydrogen) atoms. The lowest BCUT2D eigenvalue weighted by molar-refractivity contribution is -0.121. The first-order valence-electron chi connectivity index (χ1n) is 7.50. The van der Waals surface area contributed by atoms with Gasteiger partial charge in [-0.05, 0) is 44.9 Å². The Balaban J connectivity index is 2.89. The lowest BCUT2D eigenvalue weighted by atomic mass is 9.99. The highest BCUT2D eigenvalue weighted by molar-refractivity contribution is 6.30. The molecule has 0 aromatic heterocycles. The van der Waals surface area contributed by atoms with Gasteiger partial charge in [0, 0.05) is 11.4 Å². The third-order valence-corrected chi connectivity index (χ3v) is 3.22. The van der Waals surface area contributed by atoms with Crippen LogP contribution in [0.4, 0.5) is 4.79 Å². The fourth-order valence-corrected chi connectivity index (χ4v) is 2.05. The molecule has 0 aliphatic rings. The van der Waals surface area contributed by atoms with Gasteiger partial charge in [-0.15, -0.1) is 0 Å². The zero-order chi connectivity index (χ0) is 16.8. The maximum atomic E-state index is 12.4. The minimum atomic E-state index is -0.710. The number of unbranched alkanes of at least 4 members (excludes halogenated alkanes) is 1. The van der Waals surface area contributed by atoms with Gasteiger partial charge in [-0.25, -0.2) is 4.79 Å². The van der Waals surface area contributed by atoms with Crippen LogP contribution in [0.5, 0.6) is 0 Å². The predicted molar refractivity (Wildman–Crippen MR) is 88.1 cm³/mol. The fraction of sp³-hybridized carbons (Fsp3) is 0.529. The highest BCUT2D eigenvalue weighted by atomic mass is 35.5. The van der Waals surface area contributed by atoms with Crippen molar-refractivity contribution >= 4 is 23.5 Å². The Hall–Kier alpha value is -1.55. The van der Waals surface area contributed by atoms with Gasteiger partial charge in [0.25, 0.3) is 0 Å². The van der Waals surface area contributed by atoms with Crippen molar-refractivity contribution in [1.82, 2.24) is 5.32 Å². The topological polar surface area (TPSA) is 55.4 Å². The van der Waals surface area contributed by atoms with E-state index >= 15 is 0 Å². The molecule has 1 atom stereocenters. The van der Waals surface area contributed by atoms with Crippen molar-refractivity contribution < 1.29 is 14.3 Å². The zero-order valence-electron chi connectivity index (χ0n) is 13.6. The molecule has 4 nitrogen and oxygen atoms in total. The largest absolute Gasteiger partial charge is 0.444 e. The van der Waals surface area contributed by atoms with E-state index in [2.05, 4.69) is 5.32 Å². The smallest absolute Gasteiger partial charge is 0.408 e. The van der Waals surface area contributed by atoms with Gasteiger partial charge in [-0.3, -0.25) is 4.79 Å². The van der Waals surface area contributed by atoms with Crippen molar-refractivity contribution in [2.75, 3.05) is 0 Å². The minimum Gasteiger partial charge on any atom is -0.444 e. The lowest BCUT2D eigenvalue weighted by Gasteiger charge is -2.23. The molecule has 0 saturated heterocycles. The molecule has 0 bridgehead atoms. The van der Waals surface area contributed by atoms with Crippen LogP contribution in [0.15, 0.2) is 24.3 Å². The zero-order valence-corrected chi connectivity index (χ0v) is 14.4. The molecular weight excluding hydrogens is 302 g/mol. The van der Waals surface area contributed by atoms with Gasteiger partial charge in [0.05, 0.1) is 0 Å². The molecule has 1 amide bonds. The summed E-state index contributed by atoms with van der Waals surface area (Å²) in [6, 6.07) is 6.18. The maximum Gasteiger partial charge on any atom is 0.408 e. The number of ketones is 1. The van der Waals surface area contributed by atoms with Crippen molar-refractivity contribution in [2.24, 2.45) is 0 Å². The minimum absolute atomic E-state index is 0.0324. The van der Waals surface area contributed by atoms with Crippen LogP contribution in [0, 0.1) is 0 Å². The van der Waals surface area contributed by atoms with Gasteiger partial charge in [-0.2, -0.15) is 0 Å². The van der Waals surface area contributed by atoms with Crippen LogP contribution < -0.4 is 5.32 Å². The normalized spacial score (nSPS) is 12.6. The average Bonchev–Trinajstić information content (AvgIpc) is 2.41. The van der Waals surface area contributed by atoms with E-state index in [0.29, 0.717) is 17.0 Å². The van der Waals surface area contributed by atoms with Gasteiger partial charge in [0.15, 0.2) is 5.78 Å².